The first-order chi connectivity index (χ1) is 8.81. The molecule has 0 bridgehead atoms. The van der Waals surface area contributed by atoms with Crippen LogP contribution >= 0.6 is 0 Å². The first kappa shape index (κ1) is 11.7. The molecule has 1 N–H and O–H groups in total. The highest BCUT2D eigenvalue weighted by Crippen LogP contribution is 2.19. The van der Waals surface area contributed by atoms with Crippen molar-refractivity contribution in [2.45, 2.75) is 18.9 Å². The number of rotatable bonds is 3. The Kier molecular flexibility index (Phi) is 3.28. The van der Waals surface area contributed by atoms with E-state index in [1.54, 1.807) is 12.1 Å². The number of nitrogens with one attached hydrogen (secondary N) is 1. The van der Waals surface area contributed by atoms with Gasteiger partial charge >= 0.3 is 0 Å². The van der Waals surface area contributed by atoms with E-state index in [-0.39, 0.29) is 11.9 Å². The smallest absolute Gasteiger partial charge is 0.188 e. The van der Waals surface area contributed by atoms with E-state index in [9.17, 15) is 4.39 Å². The van der Waals surface area contributed by atoms with Crippen LogP contribution in [0.3, 0.4) is 0 Å². The van der Waals surface area contributed by atoms with E-state index in [1.165, 1.54) is 6.07 Å². The van der Waals surface area contributed by atoms with Gasteiger partial charge in [-0.05, 0) is 30.7 Å². The molecule has 0 saturated carbocycles. The van der Waals surface area contributed by atoms with Crippen LogP contribution in [0.5, 0.6) is 0 Å². The number of hydrogen-bond donors (Lipinski definition) is 1. The van der Waals surface area contributed by atoms with Crippen LogP contribution in [0.15, 0.2) is 29.3 Å². The molecule has 1 fully saturated rings. The Morgan fingerprint density at radius 1 is 1.44 bits per heavy atom. The molecule has 1 saturated heterocycles. The van der Waals surface area contributed by atoms with Gasteiger partial charge in [0.1, 0.15) is 11.9 Å². The third kappa shape index (κ3) is 2.53. The third-order valence-electron chi connectivity index (χ3n) is 3.50. The monoisotopic (exact) mass is 248 g/mol. The first-order valence-electron chi connectivity index (χ1n) is 6.47. The van der Waals surface area contributed by atoms with E-state index in [2.05, 4.69) is 10.3 Å². The summed E-state index contributed by atoms with van der Waals surface area (Å²) in [7, 11) is 0. The van der Waals surface area contributed by atoms with Crippen LogP contribution in [0.1, 0.15) is 12.0 Å². The quantitative estimate of drug-likeness (QED) is 0.884. The van der Waals surface area contributed by atoms with Crippen LogP contribution in [0, 0.1) is 11.7 Å². The van der Waals surface area contributed by atoms with Crippen molar-refractivity contribution in [3.8, 4) is 0 Å². The molecule has 0 aromatic heterocycles. The van der Waals surface area contributed by atoms with Crippen LogP contribution in [-0.4, -0.2) is 31.6 Å². The van der Waals surface area contributed by atoms with Crippen molar-refractivity contribution in [3.05, 3.63) is 35.6 Å². The summed E-state index contributed by atoms with van der Waals surface area (Å²) >= 11 is 0. The van der Waals surface area contributed by atoms with Crippen LogP contribution in [0.2, 0.25) is 0 Å². The van der Waals surface area contributed by atoms with Crippen molar-refractivity contribution in [1.29, 1.82) is 0 Å². The van der Waals surface area contributed by atoms with Crippen LogP contribution in [0.25, 0.3) is 0 Å². The summed E-state index contributed by atoms with van der Waals surface area (Å²) in [5.41, 5.74) is 0.973. The standard InChI is InChI=1S/C14H17FN2O/c15-12-3-1-2-10(6-12)7-13-9-17-14(18-13)11-4-5-16-8-11/h1-3,6,11,13,16H,4-5,7-9H2. The van der Waals surface area contributed by atoms with Crippen LogP contribution in [0.4, 0.5) is 4.39 Å². The summed E-state index contributed by atoms with van der Waals surface area (Å²) in [5, 5.41) is 3.31. The molecule has 3 nitrogen and oxygen atoms in total. The van der Waals surface area contributed by atoms with Gasteiger partial charge in [0.25, 0.3) is 0 Å². The van der Waals surface area contributed by atoms with Gasteiger partial charge in [0.05, 0.1) is 6.54 Å². The molecule has 0 amide bonds. The lowest BCUT2D eigenvalue weighted by molar-refractivity contribution is 0.211. The molecular formula is C14H17FN2O. The van der Waals surface area contributed by atoms with E-state index in [1.807, 2.05) is 6.07 Å². The van der Waals surface area contributed by atoms with Crippen molar-refractivity contribution < 1.29 is 9.13 Å². The second-order valence-corrected chi connectivity index (χ2v) is 4.94. The SMILES string of the molecule is Fc1cccc(CC2CN=C(C3CCNC3)O2)c1. The summed E-state index contributed by atoms with van der Waals surface area (Å²) in [4.78, 5) is 4.48. The Balaban J connectivity index is 1.57. The van der Waals surface area contributed by atoms with Crippen molar-refractivity contribution in [1.82, 2.24) is 5.32 Å². The summed E-state index contributed by atoms with van der Waals surface area (Å²) in [6.07, 6.45) is 1.90. The average molecular weight is 248 g/mol. The number of hydrogen-bond acceptors (Lipinski definition) is 3. The molecule has 0 aliphatic carbocycles. The molecule has 0 radical (unpaired) electrons. The van der Waals surface area contributed by atoms with E-state index in [4.69, 9.17) is 4.74 Å². The Labute approximate surface area is 106 Å². The third-order valence-corrected chi connectivity index (χ3v) is 3.50. The van der Waals surface area contributed by atoms with Crippen molar-refractivity contribution >= 4 is 5.90 Å². The molecule has 2 aliphatic rings. The Morgan fingerprint density at radius 2 is 2.39 bits per heavy atom. The van der Waals surface area contributed by atoms with Gasteiger partial charge in [0, 0.05) is 18.9 Å². The van der Waals surface area contributed by atoms with E-state index >= 15 is 0 Å². The Morgan fingerprint density at radius 3 is 3.17 bits per heavy atom. The largest absolute Gasteiger partial charge is 0.475 e. The van der Waals surface area contributed by atoms with Gasteiger partial charge in [-0.3, -0.25) is 4.99 Å². The van der Waals surface area contributed by atoms with Gasteiger partial charge in [0.2, 0.25) is 0 Å². The predicted molar refractivity (Wildman–Crippen MR) is 68.3 cm³/mol. The molecule has 18 heavy (non-hydrogen) atoms. The molecule has 96 valence electrons. The van der Waals surface area contributed by atoms with Crippen molar-refractivity contribution in [3.63, 3.8) is 0 Å². The highest BCUT2D eigenvalue weighted by Gasteiger charge is 2.28. The maximum Gasteiger partial charge on any atom is 0.188 e. The predicted octanol–water partition coefficient (Wildman–Crippen LogP) is 1.77. The normalized spacial score (nSPS) is 27.1. The van der Waals surface area contributed by atoms with Crippen molar-refractivity contribution in [2.24, 2.45) is 10.9 Å². The summed E-state index contributed by atoms with van der Waals surface area (Å²) in [6, 6.07) is 6.70. The lowest BCUT2D eigenvalue weighted by Crippen LogP contribution is -2.22. The lowest BCUT2D eigenvalue weighted by Gasteiger charge is -2.14. The molecule has 0 spiro atoms. The lowest BCUT2D eigenvalue weighted by atomic mass is 10.1. The fourth-order valence-electron chi connectivity index (χ4n) is 2.56. The minimum Gasteiger partial charge on any atom is -0.475 e. The summed E-state index contributed by atoms with van der Waals surface area (Å²) in [6.45, 7) is 2.70. The van der Waals surface area contributed by atoms with Gasteiger partial charge in [0.15, 0.2) is 5.90 Å². The van der Waals surface area contributed by atoms with Crippen LogP contribution < -0.4 is 5.32 Å². The zero-order valence-electron chi connectivity index (χ0n) is 10.2. The number of ether oxygens (including phenoxy) is 1. The van der Waals surface area contributed by atoms with Gasteiger partial charge in [-0.15, -0.1) is 0 Å². The van der Waals surface area contributed by atoms with Gasteiger partial charge in [-0.1, -0.05) is 12.1 Å². The zero-order valence-corrected chi connectivity index (χ0v) is 10.2. The number of benzene rings is 1. The van der Waals surface area contributed by atoms with Gasteiger partial charge in [-0.25, -0.2) is 4.39 Å². The van der Waals surface area contributed by atoms with Crippen LogP contribution in [-0.2, 0) is 11.2 Å². The number of halogens is 1. The topological polar surface area (TPSA) is 33.6 Å². The molecule has 4 heteroatoms. The molecule has 2 aliphatic heterocycles. The molecule has 2 atom stereocenters. The molecular weight excluding hydrogens is 231 g/mol. The Bertz CT molecular complexity index is 455. The highest BCUT2D eigenvalue weighted by atomic mass is 19.1. The second kappa shape index (κ2) is 5.06. The molecule has 2 unspecified atom stereocenters. The molecule has 1 aromatic carbocycles. The van der Waals surface area contributed by atoms with Gasteiger partial charge < -0.3 is 10.1 Å². The average Bonchev–Trinajstić information content (AvgIpc) is 2.98. The van der Waals surface area contributed by atoms with E-state index < -0.39 is 0 Å². The maximum atomic E-state index is 13.1. The number of aliphatic imine (C=N–C) groups is 1. The maximum absolute atomic E-state index is 13.1. The molecule has 2 heterocycles. The van der Waals surface area contributed by atoms with E-state index in [0.29, 0.717) is 12.5 Å². The van der Waals surface area contributed by atoms with E-state index in [0.717, 1.165) is 37.4 Å². The number of nitrogens with zero attached hydrogens (tertiary/aromatic N) is 1. The fraction of sp³-hybridized carbons (Fsp3) is 0.500. The zero-order chi connectivity index (χ0) is 12.4. The molecule has 3 rings (SSSR count). The highest BCUT2D eigenvalue weighted by molar-refractivity contribution is 5.80. The minimum atomic E-state index is -0.188. The summed E-state index contributed by atoms with van der Waals surface area (Å²) < 4.78 is 19.0. The first-order valence-corrected chi connectivity index (χ1v) is 6.47. The van der Waals surface area contributed by atoms with Gasteiger partial charge in [-0.2, -0.15) is 0 Å². The minimum absolute atomic E-state index is 0.0717. The molecule has 1 aromatic rings. The second-order valence-electron chi connectivity index (χ2n) is 4.94. The fourth-order valence-corrected chi connectivity index (χ4v) is 2.56. The summed E-state index contributed by atoms with van der Waals surface area (Å²) in [5.74, 6) is 1.13. The van der Waals surface area contributed by atoms with Crippen molar-refractivity contribution in [2.75, 3.05) is 19.6 Å². The Hall–Kier alpha value is -1.42.